The highest BCUT2D eigenvalue weighted by molar-refractivity contribution is 5.85. The van der Waals surface area contributed by atoms with Crippen LogP contribution in [0.5, 0.6) is 11.5 Å². The van der Waals surface area contributed by atoms with E-state index in [2.05, 4.69) is 28.9 Å². The van der Waals surface area contributed by atoms with Crippen molar-refractivity contribution in [2.24, 2.45) is 11.7 Å². The molecule has 4 rings (SSSR count). The van der Waals surface area contributed by atoms with Crippen molar-refractivity contribution in [2.75, 3.05) is 33.0 Å². The van der Waals surface area contributed by atoms with Crippen LogP contribution in [0.2, 0.25) is 0 Å². The summed E-state index contributed by atoms with van der Waals surface area (Å²) in [5.74, 6) is 2.61. The molecule has 0 aromatic heterocycles. The molecule has 0 bridgehead atoms. The zero-order chi connectivity index (χ0) is 18.1. The smallest absolute Gasteiger partial charge is 0.231 e. The van der Waals surface area contributed by atoms with Crippen LogP contribution in [0.1, 0.15) is 36.8 Å². The highest BCUT2D eigenvalue weighted by atomic mass is 35.5. The van der Waals surface area contributed by atoms with Gasteiger partial charge in [-0.3, -0.25) is 9.69 Å². The SMILES string of the molecule is Cc1cc2c(cc1CN1CC[C@@H]3[C@@H](CCC(=O)N3CCCN)C1)OCO2.Cl.Cl. The third kappa shape index (κ3) is 4.67. The lowest BCUT2D eigenvalue weighted by molar-refractivity contribution is -0.141. The van der Waals surface area contributed by atoms with Crippen molar-refractivity contribution in [1.29, 1.82) is 0 Å². The van der Waals surface area contributed by atoms with E-state index in [1.54, 1.807) is 0 Å². The Morgan fingerprint density at radius 2 is 1.93 bits per heavy atom. The molecule has 8 heteroatoms. The summed E-state index contributed by atoms with van der Waals surface area (Å²) in [5.41, 5.74) is 8.21. The number of nitrogens with zero attached hydrogens (tertiary/aromatic N) is 2. The van der Waals surface area contributed by atoms with E-state index in [1.165, 1.54) is 11.1 Å². The van der Waals surface area contributed by atoms with E-state index in [0.29, 0.717) is 37.6 Å². The second-order valence-corrected chi connectivity index (χ2v) is 7.75. The number of carbonyl (C=O) groups is 1. The van der Waals surface area contributed by atoms with Crippen LogP contribution in [0.25, 0.3) is 0 Å². The first-order chi connectivity index (χ1) is 12.7. The summed E-state index contributed by atoms with van der Waals surface area (Å²) in [6.45, 7) is 6.94. The number of hydrogen-bond donors (Lipinski definition) is 1. The molecule has 2 fully saturated rings. The summed E-state index contributed by atoms with van der Waals surface area (Å²) in [7, 11) is 0. The molecule has 6 nitrogen and oxygen atoms in total. The molecule has 0 spiro atoms. The van der Waals surface area contributed by atoms with Crippen molar-refractivity contribution in [2.45, 2.75) is 45.2 Å². The molecule has 0 unspecified atom stereocenters. The molecule has 1 amide bonds. The minimum Gasteiger partial charge on any atom is -0.454 e. The molecule has 2 N–H and O–H groups in total. The van der Waals surface area contributed by atoms with Gasteiger partial charge in [0.2, 0.25) is 12.7 Å². The molecule has 0 saturated carbocycles. The minimum atomic E-state index is 0. The van der Waals surface area contributed by atoms with E-state index in [4.69, 9.17) is 15.2 Å². The summed E-state index contributed by atoms with van der Waals surface area (Å²) >= 11 is 0. The first-order valence-corrected chi connectivity index (χ1v) is 9.76. The molecule has 1 aromatic carbocycles. The Bertz CT molecular complexity index is 689. The predicted molar refractivity (Wildman–Crippen MR) is 114 cm³/mol. The molecule has 28 heavy (non-hydrogen) atoms. The number of carbonyl (C=O) groups excluding carboxylic acids is 1. The van der Waals surface area contributed by atoms with Gasteiger partial charge in [-0.15, -0.1) is 24.8 Å². The van der Waals surface area contributed by atoms with Crippen LogP contribution >= 0.6 is 24.8 Å². The van der Waals surface area contributed by atoms with Gasteiger partial charge in [0.15, 0.2) is 11.5 Å². The molecular weight excluding hydrogens is 401 g/mol. The number of halogens is 2. The summed E-state index contributed by atoms with van der Waals surface area (Å²) in [4.78, 5) is 17.0. The van der Waals surface area contributed by atoms with Crippen LogP contribution in [-0.2, 0) is 11.3 Å². The Labute approximate surface area is 179 Å². The van der Waals surface area contributed by atoms with Crippen molar-refractivity contribution >= 4 is 30.7 Å². The fraction of sp³-hybridized carbons (Fsp3) is 0.650. The molecule has 158 valence electrons. The highest BCUT2D eigenvalue weighted by Crippen LogP contribution is 2.36. The lowest BCUT2D eigenvalue weighted by Gasteiger charge is -2.47. The molecule has 2 saturated heterocycles. The van der Waals surface area contributed by atoms with E-state index >= 15 is 0 Å². The maximum atomic E-state index is 12.3. The Hall–Kier alpha value is -1.21. The molecule has 3 aliphatic heterocycles. The summed E-state index contributed by atoms with van der Waals surface area (Å²) in [5, 5.41) is 0. The Morgan fingerprint density at radius 3 is 2.68 bits per heavy atom. The number of fused-ring (bicyclic) bond motifs is 2. The van der Waals surface area contributed by atoms with E-state index < -0.39 is 0 Å². The zero-order valence-electron chi connectivity index (χ0n) is 16.4. The Balaban J connectivity index is 0.00000140. The van der Waals surface area contributed by atoms with E-state index in [1.807, 2.05) is 0 Å². The number of likely N-dealkylation sites (tertiary alicyclic amines) is 2. The highest BCUT2D eigenvalue weighted by Gasteiger charge is 2.38. The summed E-state index contributed by atoms with van der Waals surface area (Å²) in [6, 6.07) is 4.61. The van der Waals surface area contributed by atoms with Crippen LogP contribution < -0.4 is 15.2 Å². The van der Waals surface area contributed by atoms with Crippen LogP contribution in [0.4, 0.5) is 0 Å². The van der Waals surface area contributed by atoms with Gasteiger partial charge >= 0.3 is 0 Å². The third-order valence-electron chi connectivity index (χ3n) is 6.06. The van der Waals surface area contributed by atoms with Gasteiger partial charge < -0.3 is 20.1 Å². The predicted octanol–water partition coefficient (Wildman–Crippen LogP) is 2.73. The van der Waals surface area contributed by atoms with Gasteiger partial charge in [-0.25, -0.2) is 0 Å². The molecule has 3 heterocycles. The summed E-state index contributed by atoms with van der Waals surface area (Å²) < 4.78 is 11.0. The zero-order valence-corrected chi connectivity index (χ0v) is 18.0. The van der Waals surface area contributed by atoms with E-state index in [9.17, 15) is 4.79 Å². The average Bonchev–Trinajstić information content (AvgIpc) is 3.08. The fourth-order valence-electron chi connectivity index (χ4n) is 4.62. The molecule has 0 radical (unpaired) electrons. The quantitative estimate of drug-likeness (QED) is 0.775. The Kier molecular flexibility index (Phi) is 8.25. The first-order valence-electron chi connectivity index (χ1n) is 9.76. The van der Waals surface area contributed by atoms with Gasteiger partial charge in [0.1, 0.15) is 0 Å². The number of rotatable bonds is 5. The molecule has 1 aromatic rings. The average molecular weight is 432 g/mol. The largest absolute Gasteiger partial charge is 0.454 e. The van der Waals surface area contributed by atoms with Gasteiger partial charge in [-0.2, -0.15) is 0 Å². The number of ether oxygens (including phenoxy) is 2. The normalized spacial score (nSPS) is 23.6. The fourth-order valence-corrected chi connectivity index (χ4v) is 4.62. The van der Waals surface area contributed by atoms with E-state index in [0.717, 1.165) is 56.9 Å². The molecule has 3 aliphatic rings. The number of hydrogen-bond acceptors (Lipinski definition) is 5. The first kappa shape index (κ1) is 23.1. The van der Waals surface area contributed by atoms with Crippen LogP contribution in [0, 0.1) is 12.8 Å². The number of nitrogens with two attached hydrogens (primary N) is 1. The van der Waals surface area contributed by atoms with Crippen molar-refractivity contribution < 1.29 is 14.3 Å². The van der Waals surface area contributed by atoms with Crippen molar-refractivity contribution in [3.63, 3.8) is 0 Å². The lowest BCUT2D eigenvalue weighted by atomic mass is 9.83. The van der Waals surface area contributed by atoms with Crippen molar-refractivity contribution in [1.82, 2.24) is 9.80 Å². The molecule has 2 atom stereocenters. The van der Waals surface area contributed by atoms with Crippen molar-refractivity contribution in [3.05, 3.63) is 23.3 Å². The van der Waals surface area contributed by atoms with Crippen LogP contribution in [0.15, 0.2) is 12.1 Å². The maximum absolute atomic E-state index is 12.3. The monoisotopic (exact) mass is 431 g/mol. The van der Waals surface area contributed by atoms with E-state index in [-0.39, 0.29) is 24.8 Å². The topological polar surface area (TPSA) is 68.0 Å². The minimum absolute atomic E-state index is 0. The lowest BCUT2D eigenvalue weighted by Crippen LogP contribution is -2.56. The number of benzene rings is 1. The standard InChI is InChI=1S/C20H29N3O3.2ClH/c1-14-9-18-19(26-13-25-18)10-16(14)12-22-8-5-17-15(11-22)3-4-20(24)23(17)7-2-6-21;;/h9-10,15,17H,2-8,11-13,21H2,1H3;2*1H/t15-,17+;;/m0../s1. The Morgan fingerprint density at radius 1 is 1.18 bits per heavy atom. The van der Waals surface area contributed by atoms with Crippen LogP contribution in [-0.4, -0.2) is 54.7 Å². The van der Waals surface area contributed by atoms with Gasteiger partial charge in [0, 0.05) is 38.6 Å². The number of piperidine rings is 2. The summed E-state index contributed by atoms with van der Waals surface area (Å²) in [6.07, 6.45) is 3.65. The maximum Gasteiger partial charge on any atom is 0.231 e. The van der Waals surface area contributed by atoms with Gasteiger partial charge in [0.25, 0.3) is 0 Å². The van der Waals surface area contributed by atoms with Gasteiger partial charge in [0.05, 0.1) is 0 Å². The van der Waals surface area contributed by atoms with Gasteiger partial charge in [-0.1, -0.05) is 0 Å². The number of amides is 1. The number of aryl methyl sites for hydroxylation is 1. The molecule has 0 aliphatic carbocycles. The second-order valence-electron chi connectivity index (χ2n) is 7.75. The second kappa shape index (κ2) is 10.0. The van der Waals surface area contributed by atoms with Crippen LogP contribution in [0.3, 0.4) is 0 Å². The van der Waals surface area contributed by atoms with Crippen molar-refractivity contribution in [3.8, 4) is 11.5 Å². The molecular formula is C20H31Cl2N3O3. The third-order valence-corrected chi connectivity index (χ3v) is 6.06. The van der Waals surface area contributed by atoms with Gasteiger partial charge in [-0.05, 0) is 61.9 Å².